The Morgan fingerprint density at radius 1 is 1.25 bits per heavy atom. The van der Waals surface area contributed by atoms with Crippen molar-refractivity contribution in [3.05, 3.63) is 35.7 Å². The van der Waals surface area contributed by atoms with Gasteiger partial charge in [-0.1, -0.05) is 6.92 Å². The lowest BCUT2D eigenvalue weighted by molar-refractivity contribution is 0.133. The number of rotatable bonds is 3. The molecule has 3 aromatic rings. The molecule has 3 N–H and O–H groups in total. The number of hydrogen-bond acceptors (Lipinski definition) is 7. The molecule has 5 rings (SSSR count). The molecule has 2 aromatic heterocycles. The van der Waals surface area contributed by atoms with Crippen LogP contribution in [0.15, 0.2) is 29.4 Å². The van der Waals surface area contributed by atoms with Crippen LogP contribution in [0.3, 0.4) is 0 Å². The minimum atomic E-state index is 0.500. The highest BCUT2D eigenvalue weighted by Gasteiger charge is 2.21. The molecule has 1 atom stereocenters. The van der Waals surface area contributed by atoms with Gasteiger partial charge in [0.25, 0.3) is 5.95 Å². The van der Waals surface area contributed by atoms with Gasteiger partial charge in [-0.25, -0.2) is 9.98 Å². The molecule has 1 saturated heterocycles. The molecule has 1 unspecified atom stereocenters. The first-order valence-electron chi connectivity index (χ1n) is 9.69. The Balaban J connectivity index is 1.47. The SMILES string of the molecule is CC1CC/C(=N/c2nc3c(c(Nc4ccc5[nH]ncc5c4)n2)COC3)CNC1. The van der Waals surface area contributed by atoms with Crippen molar-refractivity contribution in [1.29, 1.82) is 0 Å². The minimum absolute atomic E-state index is 0.500. The standard InChI is InChI=1S/C20H23N7O/c1-12-2-3-15(9-21-7-12)24-20-25-18-11-28-10-16(18)19(26-20)23-14-4-5-17-13(6-14)8-22-27-17/h4-6,8,12,21H,2-3,7,9-11H2,1H3,(H,22,27)(H,23,25,26)/b24-15-. The zero-order valence-electron chi connectivity index (χ0n) is 15.8. The predicted molar refractivity (Wildman–Crippen MR) is 108 cm³/mol. The summed E-state index contributed by atoms with van der Waals surface area (Å²) in [6, 6.07) is 6.06. The molecular weight excluding hydrogens is 354 g/mol. The second-order valence-corrected chi connectivity index (χ2v) is 7.54. The van der Waals surface area contributed by atoms with Crippen LogP contribution in [-0.2, 0) is 18.0 Å². The van der Waals surface area contributed by atoms with Gasteiger partial charge in [-0.3, -0.25) is 5.10 Å². The number of nitrogens with one attached hydrogen (secondary N) is 3. The summed E-state index contributed by atoms with van der Waals surface area (Å²) in [5.74, 6) is 1.93. The van der Waals surface area contributed by atoms with Crippen molar-refractivity contribution >= 4 is 34.1 Å². The average molecular weight is 377 g/mol. The molecule has 0 radical (unpaired) electrons. The van der Waals surface area contributed by atoms with E-state index in [1.54, 1.807) is 0 Å². The number of aliphatic imine (C=N–C) groups is 1. The Morgan fingerprint density at radius 3 is 3.18 bits per heavy atom. The average Bonchev–Trinajstić information content (AvgIpc) is 3.30. The fourth-order valence-electron chi connectivity index (χ4n) is 3.65. The summed E-state index contributed by atoms with van der Waals surface area (Å²) >= 11 is 0. The third-order valence-electron chi connectivity index (χ3n) is 5.27. The van der Waals surface area contributed by atoms with Gasteiger partial charge in [-0.15, -0.1) is 0 Å². The van der Waals surface area contributed by atoms with Crippen LogP contribution in [-0.4, -0.2) is 39.0 Å². The molecule has 2 aliphatic rings. The lowest BCUT2D eigenvalue weighted by Gasteiger charge is -2.11. The molecule has 0 saturated carbocycles. The second kappa shape index (κ2) is 7.29. The summed E-state index contributed by atoms with van der Waals surface area (Å²) in [6.07, 6.45) is 3.92. The van der Waals surface area contributed by atoms with Crippen LogP contribution < -0.4 is 10.6 Å². The van der Waals surface area contributed by atoms with E-state index >= 15 is 0 Å². The number of H-pyrrole nitrogens is 1. The van der Waals surface area contributed by atoms with Crippen LogP contribution in [0.1, 0.15) is 31.0 Å². The molecule has 8 heteroatoms. The highest BCUT2D eigenvalue weighted by molar-refractivity contribution is 5.88. The number of ether oxygens (including phenoxy) is 1. The molecule has 144 valence electrons. The van der Waals surface area contributed by atoms with Gasteiger partial charge >= 0.3 is 0 Å². The van der Waals surface area contributed by atoms with Crippen molar-refractivity contribution in [2.24, 2.45) is 10.9 Å². The first kappa shape index (κ1) is 17.3. The van der Waals surface area contributed by atoms with Gasteiger partial charge in [-0.05, 0) is 43.5 Å². The molecule has 0 amide bonds. The summed E-state index contributed by atoms with van der Waals surface area (Å²) in [6.45, 7) is 5.10. The predicted octanol–water partition coefficient (Wildman–Crippen LogP) is 3.22. The van der Waals surface area contributed by atoms with Gasteiger partial charge in [0.05, 0.1) is 30.6 Å². The van der Waals surface area contributed by atoms with Crippen molar-refractivity contribution in [2.45, 2.75) is 33.0 Å². The largest absolute Gasteiger partial charge is 0.370 e. The number of nitrogens with zero attached hydrogens (tertiary/aromatic N) is 4. The lowest BCUT2D eigenvalue weighted by atomic mass is 10.1. The van der Waals surface area contributed by atoms with Crippen LogP contribution in [0.25, 0.3) is 10.9 Å². The van der Waals surface area contributed by atoms with Crippen molar-refractivity contribution in [3.63, 3.8) is 0 Å². The van der Waals surface area contributed by atoms with Crippen LogP contribution >= 0.6 is 0 Å². The Bertz CT molecular complexity index is 1040. The van der Waals surface area contributed by atoms with E-state index in [1.807, 2.05) is 24.4 Å². The quantitative estimate of drug-likeness (QED) is 0.648. The topological polar surface area (TPSA) is 100 Å². The minimum Gasteiger partial charge on any atom is -0.370 e. The van der Waals surface area contributed by atoms with E-state index in [4.69, 9.17) is 14.7 Å². The molecule has 1 aromatic carbocycles. The van der Waals surface area contributed by atoms with Gasteiger partial charge < -0.3 is 15.4 Å². The Kier molecular flexibility index (Phi) is 4.50. The number of aromatic amines is 1. The van der Waals surface area contributed by atoms with Gasteiger partial charge in [0.2, 0.25) is 0 Å². The normalized spacial score (nSPS) is 21.0. The molecule has 28 heavy (non-hydrogen) atoms. The molecule has 0 aliphatic carbocycles. The summed E-state index contributed by atoms with van der Waals surface area (Å²) < 4.78 is 5.61. The third-order valence-corrected chi connectivity index (χ3v) is 5.27. The highest BCUT2D eigenvalue weighted by Crippen LogP contribution is 2.30. The highest BCUT2D eigenvalue weighted by atomic mass is 16.5. The van der Waals surface area contributed by atoms with Crippen LogP contribution in [0.4, 0.5) is 17.5 Å². The lowest BCUT2D eigenvalue weighted by Crippen LogP contribution is -2.22. The van der Waals surface area contributed by atoms with E-state index in [1.165, 1.54) is 0 Å². The number of anilines is 2. The van der Waals surface area contributed by atoms with E-state index in [2.05, 4.69) is 32.7 Å². The van der Waals surface area contributed by atoms with Crippen LogP contribution in [0.5, 0.6) is 0 Å². The Morgan fingerprint density at radius 2 is 2.21 bits per heavy atom. The fourth-order valence-corrected chi connectivity index (χ4v) is 3.65. The summed E-state index contributed by atoms with van der Waals surface area (Å²) in [5, 5.41) is 15.0. The summed E-state index contributed by atoms with van der Waals surface area (Å²) in [7, 11) is 0. The smallest absolute Gasteiger partial charge is 0.251 e. The van der Waals surface area contributed by atoms with E-state index in [-0.39, 0.29) is 0 Å². The van der Waals surface area contributed by atoms with Gasteiger partial charge in [0.1, 0.15) is 5.82 Å². The second-order valence-electron chi connectivity index (χ2n) is 7.54. The monoisotopic (exact) mass is 377 g/mol. The molecule has 0 bridgehead atoms. The first-order valence-corrected chi connectivity index (χ1v) is 9.69. The van der Waals surface area contributed by atoms with E-state index in [0.717, 1.165) is 65.3 Å². The van der Waals surface area contributed by atoms with Crippen molar-refractivity contribution < 1.29 is 4.74 Å². The maximum atomic E-state index is 5.61. The van der Waals surface area contributed by atoms with Crippen molar-refractivity contribution in [3.8, 4) is 0 Å². The zero-order chi connectivity index (χ0) is 18.9. The summed E-state index contributed by atoms with van der Waals surface area (Å²) in [4.78, 5) is 14.1. The van der Waals surface area contributed by atoms with Crippen LogP contribution in [0.2, 0.25) is 0 Å². The summed E-state index contributed by atoms with van der Waals surface area (Å²) in [5.41, 5.74) is 4.98. The molecule has 2 aliphatic heterocycles. The van der Waals surface area contributed by atoms with Crippen LogP contribution in [0, 0.1) is 5.92 Å². The fraction of sp³-hybridized carbons (Fsp3) is 0.400. The van der Waals surface area contributed by atoms with Crippen molar-refractivity contribution in [1.82, 2.24) is 25.5 Å². The maximum Gasteiger partial charge on any atom is 0.251 e. The van der Waals surface area contributed by atoms with Gasteiger partial charge in [0, 0.05) is 28.9 Å². The zero-order valence-corrected chi connectivity index (χ0v) is 15.8. The number of hydrogen-bond donors (Lipinski definition) is 3. The Hall–Kier alpha value is -2.84. The molecule has 1 fully saturated rings. The number of aromatic nitrogens is 4. The van der Waals surface area contributed by atoms with E-state index < -0.39 is 0 Å². The molecule has 4 heterocycles. The van der Waals surface area contributed by atoms with E-state index in [0.29, 0.717) is 25.1 Å². The maximum absolute atomic E-state index is 5.61. The van der Waals surface area contributed by atoms with Gasteiger partial charge in [-0.2, -0.15) is 10.1 Å². The Labute approximate surface area is 162 Å². The van der Waals surface area contributed by atoms with Crippen molar-refractivity contribution in [2.75, 3.05) is 18.4 Å². The number of fused-ring (bicyclic) bond motifs is 2. The van der Waals surface area contributed by atoms with Gasteiger partial charge in [0.15, 0.2) is 0 Å². The first-order chi connectivity index (χ1) is 13.7. The molecule has 0 spiro atoms. The molecular formula is C20H23N7O. The third kappa shape index (κ3) is 3.48. The van der Waals surface area contributed by atoms with E-state index in [9.17, 15) is 0 Å². The molecule has 8 nitrogen and oxygen atoms in total. The number of benzene rings is 1.